The molecule has 1 aromatic rings. The zero-order chi connectivity index (χ0) is 13.0. The van der Waals surface area contributed by atoms with Gasteiger partial charge in [0.1, 0.15) is 0 Å². The summed E-state index contributed by atoms with van der Waals surface area (Å²) in [6, 6.07) is 9.97. The third kappa shape index (κ3) is 2.63. The van der Waals surface area contributed by atoms with Crippen LogP contribution in [0.25, 0.3) is 0 Å². The number of hydrogen-bond donors (Lipinski definition) is 1. The Labute approximate surface area is 107 Å². The Balaban J connectivity index is 2.25. The average molecular weight is 246 g/mol. The predicted molar refractivity (Wildman–Crippen MR) is 69.3 cm³/mol. The molecule has 2 rings (SSSR count). The molecule has 96 valence electrons. The first kappa shape index (κ1) is 12.9. The zero-order valence-electron chi connectivity index (χ0n) is 10.5. The summed E-state index contributed by atoms with van der Waals surface area (Å²) in [6.07, 6.45) is -0.154. The number of aliphatic hydroxyl groups is 1. The molecule has 0 amide bonds. The van der Waals surface area contributed by atoms with Gasteiger partial charge in [-0.05, 0) is 12.5 Å². The van der Waals surface area contributed by atoms with Gasteiger partial charge >= 0.3 is 0 Å². The van der Waals surface area contributed by atoms with Crippen LogP contribution >= 0.6 is 0 Å². The summed E-state index contributed by atoms with van der Waals surface area (Å²) in [5, 5.41) is 19.0. The number of nitrogens with zero attached hydrogens (tertiary/aromatic N) is 2. The Bertz CT molecular complexity index is 442. The molecule has 2 atom stereocenters. The first-order valence-electron chi connectivity index (χ1n) is 6.29. The minimum absolute atomic E-state index is 0.384. The predicted octanol–water partition coefficient (Wildman–Crippen LogP) is 1.86. The number of anilines is 1. The van der Waals surface area contributed by atoms with Gasteiger partial charge in [0.25, 0.3) is 0 Å². The highest BCUT2D eigenvalue weighted by molar-refractivity contribution is 5.55. The molecular formula is C14H18N2O2. The van der Waals surface area contributed by atoms with Crippen LogP contribution in [0.4, 0.5) is 5.69 Å². The molecule has 0 saturated carbocycles. The minimum Gasteiger partial charge on any atom is -0.388 e. The van der Waals surface area contributed by atoms with E-state index in [-0.39, 0.29) is 6.10 Å². The number of benzene rings is 1. The Morgan fingerprint density at radius 2 is 2.33 bits per heavy atom. The lowest BCUT2D eigenvalue weighted by Crippen LogP contribution is -2.42. The van der Waals surface area contributed by atoms with E-state index in [0.717, 1.165) is 17.8 Å². The second-order valence-electron chi connectivity index (χ2n) is 4.42. The summed E-state index contributed by atoms with van der Waals surface area (Å²) in [4.78, 5) is 2.12. The Morgan fingerprint density at radius 3 is 3.06 bits per heavy atom. The highest BCUT2D eigenvalue weighted by Crippen LogP contribution is 2.29. The maximum absolute atomic E-state index is 10.0. The fourth-order valence-electron chi connectivity index (χ4n) is 2.22. The highest BCUT2D eigenvalue weighted by Gasteiger charge is 2.23. The van der Waals surface area contributed by atoms with Gasteiger partial charge in [-0.2, -0.15) is 5.26 Å². The first-order valence-corrected chi connectivity index (χ1v) is 6.29. The molecule has 1 fully saturated rings. The second kappa shape index (κ2) is 5.85. The van der Waals surface area contributed by atoms with Crippen molar-refractivity contribution in [3.8, 4) is 6.07 Å². The minimum atomic E-state index is -0.454. The molecule has 1 heterocycles. The number of morpholine rings is 1. The van der Waals surface area contributed by atoms with Crippen molar-refractivity contribution in [2.75, 3.05) is 24.6 Å². The van der Waals surface area contributed by atoms with Gasteiger partial charge in [0, 0.05) is 17.8 Å². The number of aliphatic hydroxyl groups excluding tert-OH is 1. The van der Waals surface area contributed by atoms with E-state index in [1.807, 2.05) is 31.2 Å². The summed E-state index contributed by atoms with van der Waals surface area (Å²) in [7, 11) is 0. The van der Waals surface area contributed by atoms with Crippen LogP contribution in [-0.2, 0) is 4.74 Å². The quantitative estimate of drug-likeness (QED) is 0.884. The van der Waals surface area contributed by atoms with E-state index in [4.69, 9.17) is 10.00 Å². The second-order valence-corrected chi connectivity index (χ2v) is 4.42. The lowest BCUT2D eigenvalue weighted by atomic mass is 10.0. The molecule has 1 aliphatic rings. The standard InChI is InChI=1S/C14H18N2O2/c1-2-14(17)12-5-3-4-6-13(12)16-7-8-18-11(9-15)10-16/h3-6,11,14,17H,2,7-8,10H2,1H3/t11?,14-/m1/s1. The largest absolute Gasteiger partial charge is 0.388 e. The van der Waals surface area contributed by atoms with Crippen LogP contribution in [0.3, 0.4) is 0 Å². The fourth-order valence-corrected chi connectivity index (χ4v) is 2.22. The summed E-state index contributed by atoms with van der Waals surface area (Å²) >= 11 is 0. The highest BCUT2D eigenvalue weighted by atomic mass is 16.5. The Kier molecular flexibility index (Phi) is 4.19. The molecule has 1 unspecified atom stereocenters. The summed E-state index contributed by atoms with van der Waals surface area (Å²) in [5.74, 6) is 0. The molecule has 4 heteroatoms. The van der Waals surface area contributed by atoms with E-state index >= 15 is 0 Å². The van der Waals surface area contributed by atoms with Gasteiger partial charge in [-0.15, -0.1) is 0 Å². The number of rotatable bonds is 3. The molecule has 1 aromatic carbocycles. The van der Waals surface area contributed by atoms with E-state index in [2.05, 4.69) is 11.0 Å². The van der Waals surface area contributed by atoms with Crippen molar-refractivity contribution in [1.82, 2.24) is 0 Å². The lowest BCUT2D eigenvalue weighted by molar-refractivity contribution is 0.0760. The van der Waals surface area contributed by atoms with Crippen molar-refractivity contribution < 1.29 is 9.84 Å². The van der Waals surface area contributed by atoms with Crippen molar-refractivity contribution in [3.63, 3.8) is 0 Å². The molecular weight excluding hydrogens is 228 g/mol. The van der Waals surface area contributed by atoms with Crippen molar-refractivity contribution >= 4 is 5.69 Å². The maximum Gasteiger partial charge on any atom is 0.161 e. The smallest absolute Gasteiger partial charge is 0.161 e. The van der Waals surface area contributed by atoms with Crippen molar-refractivity contribution in [2.24, 2.45) is 0 Å². The van der Waals surface area contributed by atoms with E-state index < -0.39 is 6.10 Å². The summed E-state index contributed by atoms with van der Waals surface area (Å²) in [6.45, 7) is 3.82. The molecule has 1 N–H and O–H groups in total. The third-order valence-electron chi connectivity index (χ3n) is 3.23. The van der Waals surface area contributed by atoms with Gasteiger partial charge in [-0.25, -0.2) is 0 Å². The van der Waals surface area contributed by atoms with E-state index in [9.17, 15) is 5.11 Å². The number of hydrogen-bond acceptors (Lipinski definition) is 4. The van der Waals surface area contributed by atoms with Crippen LogP contribution in [0.5, 0.6) is 0 Å². The Hall–Kier alpha value is -1.57. The van der Waals surface area contributed by atoms with Crippen molar-refractivity contribution in [1.29, 1.82) is 5.26 Å². The van der Waals surface area contributed by atoms with Crippen LogP contribution in [0.2, 0.25) is 0 Å². The molecule has 4 nitrogen and oxygen atoms in total. The van der Waals surface area contributed by atoms with Crippen molar-refractivity contribution in [2.45, 2.75) is 25.6 Å². The van der Waals surface area contributed by atoms with Crippen molar-refractivity contribution in [3.05, 3.63) is 29.8 Å². The molecule has 18 heavy (non-hydrogen) atoms. The van der Waals surface area contributed by atoms with E-state index in [0.29, 0.717) is 19.6 Å². The number of para-hydroxylation sites is 1. The topological polar surface area (TPSA) is 56.5 Å². The van der Waals surface area contributed by atoms with Gasteiger partial charge in [0.05, 0.1) is 25.3 Å². The number of ether oxygens (including phenoxy) is 1. The first-order chi connectivity index (χ1) is 8.76. The fraction of sp³-hybridized carbons (Fsp3) is 0.500. The van der Waals surface area contributed by atoms with Crippen LogP contribution in [-0.4, -0.2) is 30.9 Å². The lowest BCUT2D eigenvalue weighted by Gasteiger charge is -2.33. The molecule has 0 aromatic heterocycles. The summed E-state index contributed by atoms with van der Waals surface area (Å²) < 4.78 is 5.34. The molecule has 1 aliphatic heterocycles. The summed E-state index contributed by atoms with van der Waals surface area (Å²) in [5.41, 5.74) is 1.94. The van der Waals surface area contributed by atoms with E-state index in [1.54, 1.807) is 0 Å². The van der Waals surface area contributed by atoms with Gasteiger partial charge in [-0.1, -0.05) is 25.1 Å². The SMILES string of the molecule is CC[C@@H](O)c1ccccc1N1CCOC(C#N)C1. The number of nitriles is 1. The third-order valence-corrected chi connectivity index (χ3v) is 3.23. The van der Waals surface area contributed by atoms with Crippen LogP contribution in [0.15, 0.2) is 24.3 Å². The van der Waals surface area contributed by atoms with E-state index in [1.165, 1.54) is 0 Å². The average Bonchev–Trinajstić information content (AvgIpc) is 2.46. The Morgan fingerprint density at radius 1 is 1.56 bits per heavy atom. The zero-order valence-corrected chi connectivity index (χ0v) is 10.5. The monoisotopic (exact) mass is 246 g/mol. The molecule has 0 aliphatic carbocycles. The van der Waals surface area contributed by atoms with Crippen LogP contribution in [0.1, 0.15) is 25.0 Å². The van der Waals surface area contributed by atoms with Gasteiger partial charge in [0.15, 0.2) is 6.10 Å². The molecule has 0 radical (unpaired) electrons. The molecule has 0 bridgehead atoms. The maximum atomic E-state index is 10.0. The van der Waals surface area contributed by atoms with Gasteiger partial charge in [0.2, 0.25) is 0 Å². The normalized spacial score (nSPS) is 21.4. The van der Waals surface area contributed by atoms with Crippen LogP contribution in [0, 0.1) is 11.3 Å². The van der Waals surface area contributed by atoms with Gasteiger partial charge in [-0.3, -0.25) is 0 Å². The molecule has 1 saturated heterocycles. The van der Waals surface area contributed by atoms with Gasteiger partial charge < -0.3 is 14.7 Å². The van der Waals surface area contributed by atoms with Crippen LogP contribution < -0.4 is 4.90 Å². The molecule has 0 spiro atoms.